The fourth-order valence-electron chi connectivity index (χ4n) is 0.934. The molecule has 78 valence electrons. The first-order valence-corrected chi connectivity index (χ1v) is 4.55. The molecule has 1 aromatic rings. The van der Waals surface area contributed by atoms with Crippen molar-refractivity contribution < 1.29 is 9.90 Å². The Bertz CT molecular complexity index is 435. The molecule has 0 radical (unpaired) electrons. The van der Waals surface area contributed by atoms with Gasteiger partial charge in [-0.15, -0.1) is 5.92 Å². The van der Waals surface area contributed by atoms with Gasteiger partial charge in [-0.25, -0.2) is 9.78 Å². The molecule has 0 bridgehead atoms. The van der Waals surface area contributed by atoms with Crippen molar-refractivity contribution >= 4 is 23.4 Å². The van der Waals surface area contributed by atoms with Crippen LogP contribution in [0.4, 0.5) is 5.82 Å². The first-order valence-electron chi connectivity index (χ1n) is 4.18. The summed E-state index contributed by atoms with van der Waals surface area (Å²) in [7, 11) is 0. The van der Waals surface area contributed by atoms with E-state index in [9.17, 15) is 4.79 Å². The first kappa shape index (κ1) is 11.3. The number of anilines is 1. The quantitative estimate of drug-likeness (QED) is 0.608. The lowest BCUT2D eigenvalue weighted by Crippen LogP contribution is -2.04. The summed E-state index contributed by atoms with van der Waals surface area (Å²) in [6.07, 6.45) is 0. The Morgan fingerprint density at radius 3 is 3.00 bits per heavy atom. The molecule has 0 aliphatic carbocycles. The van der Waals surface area contributed by atoms with Crippen LogP contribution in [0.3, 0.4) is 0 Å². The Labute approximate surface area is 92.3 Å². The minimum atomic E-state index is -1.04. The Kier molecular flexibility index (Phi) is 3.95. The summed E-state index contributed by atoms with van der Waals surface area (Å²) in [6, 6.07) is 2.70. The third kappa shape index (κ3) is 3.49. The van der Waals surface area contributed by atoms with Crippen molar-refractivity contribution in [2.45, 2.75) is 6.92 Å². The molecule has 0 aliphatic heterocycles. The summed E-state index contributed by atoms with van der Waals surface area (Å²) in [5.74, 6) is 4.84. The van der Waals surface area contributed by atoms with E-state index in [0.717, 1.165) is 0 Å². The lowest BCUT2D eigenvalue weighted by molar-refractivity contribution is 0.0697. The van der Waals surface area contributed by atoms with Gasteiger partial charge in [0.1, 0.15) is 11.0 Å². The normalized spacial score (nSPS) is 8.93. The van der Waals surface area contributed by atoms with Crippen LogP contribution in [0.5, 0.6) is 0 Å². The zero-order valence-electron chi connectivity index (χ0n) is 8.04. The summed E-state index contributed by atoms with van der Waals surface area (Å²) >= 11 is 5.66. The SMILES string of the molecule is CC#CCNc1cc(C(=O)O)cc(Cl)n1. The largest absolute Gasteiger partial charge is 0.478 e. The fourth-order valence-corrected chi connectivity index (χ4v) is 1.14. The first-order chi connectivity index (χ1) is 7.13. The molecule has 15 heavy (non-hydrogen) atoms. The second kappa shape index (κ2) is 5.23. The highest BCUT2D eigenvalue weighted by molar-refractivity contribution is 6.29. The van der Waals surface area contributed by atoms with Gasteiger partial charge in [0.05, 0.1) is 12.1 Å². The average molecular weight is 225 g/mol. The molecule has 0 aromatic carbocycles. The molecule has 0 fully saturated rings. The van der Waals surface area contributed by atoms with Gasteiger partial charge < -0.3 is 10.4 Å². The van der Waals surface area contributed by atoms with Crippen molar-refractivity contribution in [3.8, 4) is 11.8 Å². The molecule has 0 atom stereocenters. The molecule has 0 saturated heterocycles. The number of aromatic carboxylic acids is 1. The summed E-state index contributed by atoms with van der Waals surface area (Å²) in [4.78, 5) is 14.6. The minimum absolute atomic E-state index is 0.0990. The second-order valence-corrected chi connectivity index (χ2v) is 3.04. The van der Waals surface area contributed by atoms with Gasteiger partial charge in [0, 0.05) is 0 Å². The smallest absolute Gasteiger partial charge is 0.335 e. The second-order valence-electron chi connectivity index (χ2n) is 2.65. The van der Waals surface area contributed by atoms with Crippen LogP contribution in [-0.4, -0.2) is 22.6 Å². The van der Waals surface area contributed by atoms with Gasteiger partial charge in [-0.1, -0.05) is 17.5 Å². The molecule has 1 heterocycles. The number of hydrogen-bond donors (Lipinski definition) is 2. The summed E-state index contributed by atoms with van der Waals surface area (Å²) in [5.41, 5.74) is 0.0990. The van der Waals surface area contributed by atoms with Crippen LogP contribution in [0.1, 0.15) is 17.3 Å². The Balaban J connectivity index is 2.87. The number of carboxylic acid groups (broad SMARTS) is 1. The molecule has 1 rings (SSSR count). The van der Waals surface area contributed by atoms with E-state index in [2.05, 4.69) is 22.1 Å². The highest BCUT2D eigenvalue weighted by Gasteiger charge is 2.06. The molecule has 2 N–H and O–H groups in total. The number of pyridine rings is 1. The predicted octanol–water partition coefficient (Wildman–Crippen LogP) is 1.87. The molecule has 1 aromatic heterocycles. The summed E-state index contributed by atoms with van der Waals surface area (Å²) in [6.45, 7) is 2.12. The monoisotopic (exact) mass is 224 g/mol. The van der Waals surface area contributed by atoms with Crippen LogP contribution in [0.25, 0.3) is 0 Å². The minimum Gasteiger partial charge on any atom is -0.478 e. The van der Waals surface area contributed by atoms with Gasteiger partial charge in [-0.2, -0.15) is 0 Å². The molecule has 0 unspecified atom stereocenters. The van der Waals surface area contributed by atoms with E-state index in [4.69, 9.17) is 16.7 Å². The van der Waals surface area contributed by atoms with Crippen LogP contribution in [0, 0.1) is 11.8 Å². The van der Waals surface area contributed by atoms with Crippen LogP contribution in [-0.2, 0) is 0 Å². The maximum absolute atomic E-state index is 10.7. The highest BCUT2D eigenvalue weighted by atomic mass is 35.5. The standard InChI is InChI=1S/C10H9ClN2O2/c1-2-3-4-12-9-6-7(10(14)15)5-8(11)13-9/h5-6H,4H2,1H3,(H,12,13)(H,14,15). The third-order valence-electron chi connectivity index (χ3n) is 1.58. The van der Waals surface area contributed by atoms with E-state index in [1.54, 1.807) is 6.92 Å². The lowest BCUT2D eigenvalue weighted by Gasteiger charge is -2.03. The molecule has 0 spiro atoms. The highest BCUT2D eigenvalue weighted by Crippen LogP contribution is 2.14. The van der Waals surface area contributed by atoms with Gasteiger partial charge in [0.25, 0.3) is 0 Å². The zero-order chi connectivity index (χ0) is 11.3. The van der Waals surface area contributed by atoms with E-state index in [1.807, 2.05) is 0 Å². The van der Waals surface area contributed by atoms with Gasteiger partial charge in [0.15, 0.2) is 0 Å². The van der Waals surface area contributed by atoms with E-state index in [1.165, 1.54) is 12.1 Å². The average Bonchev–Trinajstić information content (AvgIpc) is 2.17. The maximum Gasteiger partial charge on any atom is 0.335 e. The Hall–Kier alpha value is -1.73. The van der Waals surface area contributed by atoms with Crippen LogP contribution >= 0.6 is 11.6 Å². The van der Waals surface area contributed by atoms with Crippen molar-refractivity contribution in [1.82, 2.24) is 4.98 Å². The Morgan fingerprint density at radius 2 is 2.40 bits per heavy atom. The topological polar surface area (TPSA) is 62.2 Å². The van der Waals surface area contributed by atoms with Gasteiger partial charge in [-0.05, 0) is 19.1 Å². The molecular formula is C10H9ClN2O2. The van der Waals surface area contributed by atoms with Crippen LogP contribution in [0.15, 0.2) is 12.1 Å². The van der Waals surface area contributed by atoms with Gasteiger partial charge in [0.2, 0.25) is 0 Å². The number of halogens is 1. The number of rotatable bonds is 3. The number of carboxylic acids is 1. The molecule has 0 amide bonds. The number of nitrogens with one attached hydrogen (secondary N) is 1. The lowest BCUT2D eigenvalue weighted by atomic mass is 10.2. The number of hydrogen-bond acceptors (Lipinski definition) is 3. The van der Waals surface area contributed by atoms with Crippen molar-refractivity contribution in [3.05, 3.63) is 22.8 Å². The van der Waals surface area contributed by atoms with E-state index in [0.29, 0.717) is 12.4 Å². The van der Waals surface area contributed by atoms with E-state index < -0.39 is 5.97 Å². The van der Waals surface area contributed by atoms with Crippen molar-refractivity contribution in [2.75, 3.05) is 11.9 Å². The molecule has 4 nitrogen and oxygen atoms in total. The zero-order valence-corrected chi connectivity index (χ0v) is 8.80. The van der Waals surface area contributed by atoms with Crippen LogP contribution in [0.2, 0.25) is 5.15 Å². The number of nitrogens with zero attached hydrogens (tertiary/aromatic N) is 1. The van der Waals surface area contributed by atoms with Gasteiger partial charge >= 0.3 is 5.97 Å². The van der Waals surface area contributed by atoms with Crippen molar-refractivity contribution in [2.24, 2.45) is 0 Å². The maximum atomic E-state index is 10.7. The van der Waals surface area contributed by atoms with E-state index >= 15 is 0 Å². The van der Waals surface area contributed by atoms with E-state index in [-0.39, 0.29) is 10.7 Å². The molecule has 0 aliphatic rings. The summed E-state index contributed by atoms with van der Waals surface area (Å²) in [5, 5.41) is 11.8. The van der Waals surface area contributed by atoms with Crippen molar-refractivity contribution in [1.29, 1.82) is 0 Å². The van der Waals surface area contributed by atoms with Crippen molar-refractivity contribution in [3.63, 3.8) is 0 Å². The van der Waals surface area contributed by atoms with Crippen LogP contribution < -0.4 is 5.32 Å². The fraction of sp³-hybridized carbons (Fsp3) is 0.200. The predicted molar refractivity (Wildman–Crippen MR) is 58.1 cm³/mol. The number of aromatic nitrogens is 1. The molecule has 0 saturated carbocycles. The summed E-state index contributed by atoms with van der Waals surface area (Å²) < 4.78 is 0. The molecule has 5 heteroatoms. The van der Waals surface area contributed by atoms with Gasteiger partial charge in [-0.3, -0.25) is 0 Å². The number of carbonyl (C=O) groups is 1. The Morgan fingerprint density at radius 1 is 1.67 bits per heavy atom. The molecular weight excluding hydrogens is 216 g/mol. The third-order valence-corrected chi connectivity index (χ3v) is 1.77.